The van der Waals surface area contributed by atoms with E-state index in [1.165, 1.54) is 49.7 Å². The molecule has 30 heavy (non-hydrogen) atoms. The first kappa shape index (κ1) is 23.7. The first-order chi connectivity index (χ1) is 14.3. The molecule has 0 aliphatic heterocycles. The van der Waals surface area contributed by atoms with Crippen LogP contribution in [-0.2, 0) is 19.5 Å². The highest BCUT2D eigenvalue weighted by atomic mass is 32.2. The van der Waals surface area contributed by atoms with Gasteiger partial charge in [0.2, 0.25) is 10.0 Å². The van der Waals surface area contributed by atoms with Crippen LogP contribution < -0.4 is 5.32 Å². The fourth-order valence-electron chi connectivity index (χ4n) is 2.68. The Bertz CT molecular complexity index is 965. The normalized spacial score (nSPS) is 11.5. The van der Waals surface area contributed by atoms with Crippen molar-refractivity contribution in [3.63, 3.8) is 0 Å². The van der Waals surface area contributed by atoms with E-state index in [9.17, 15) is 18.0 Å². The van der Waals surface area contributed by atoms with Crippen LogP contribution in [0, 0.1) is 0 Å². The van der Waals surface area contributed by atoms with Crippen LogP contribution in [0.2, 0.25) is 0 Å². The lowest BCUT2D eigenvalue weighted by Gasteiger charge is -2.21. The Kier molecular flexibility index (Phi) is 8.67. The second-order valence-electron chi connectivity index (χ2n) is 6.51. The first-order valence-corrected chi connectivity index (χ1v) is 10.7. The molecule has 0 spiro atoms. The van der Waals surface area contributed by atoms with Crippen LogP contribution in [0.15, 0.2) is 53.4 Å². The third-order valence-electron chi connectivity index (χ3n) is 4.37. The number of anilines is 1. The van der Waals surface area contributed by atoms with Gasteiger partial charge in [-0.2, -0.15) is 4.31 Å². The smallest absolute Gasteiger partial charge is 0.255 e. The molecule has 0 saturated carbocycles. The number of benzene rings is 2. The van der Waals surface area contributed by atoms with Gasteiger partial charge in [-0.15, -0.1) is 0 Å². The third-order valence-corrected chi connectivity index (χ3v) is 6.28. The summed E-state index contributed by atoms with van der Waals surface area (Å²) in [6, 6.07) is 12.3. The van der Waals surface area contributed by atoms with Gasteiger partial charge in [0, 0.05) is 44.1 Å². The number of ether oxygens (including phenoxy) is 2. The monoisotopic (exact) mass is 434 g/mol. The molecule has 1 N–H and O–H groups in total. The fourth-order valence-corrected chi connectivity index (χ4v) is 4.09. The molecule has 0 bridgehead atoms. The number of methoxy groups -OCH3 is 2. The summed E-state index contributed by atoms with van der Waals surface area (Å²) in [7, 11) is -0.757. The Balaban J connectivity index is 2.16. The molecule has 2 aromatic carbocycles. The SMILES string of the molecule is COCCN(CCOC)S(=O)(=O)c1ccc(C(=O)Nc2cccc(C(C)=O)c2)cc1. The molecule has 0 aliphatic carbocycles. The molecular weight excluding hydrogens is 408 g/mol. The predicted molar refractivity (Wildman–Crippen MR) is 113 cm³/mol. The van der Waals surface area contributed by atoms with Crippen molar-refractivity contribution in [2.45, 2.75) is 11.8 Å². The quantitative estimate of drug-likeness (QED) is 0.545. The number of hydrogen-bond acceptors (Lipinski definition) is 6. The van der Waals surface area contributed by atoms with Gasteiger partial charge < -0.3 is 14.8 Å². The third kappa shape index (κ3) is 6.20. The van der Waals surface area contributed by atoms with Crippen molar-refractivity contribution < 1.29 is 27.5 Å². The van der Waals surface area contributed by atoms with E-state index < -0.39 is 15.9 Å². The molecule has 8 nitrogen and oxygen atoms in total. The molecular formula is C21H26N2O6S. The number of carbonyl (C=O) groups is 2. The van der Waals surface area contributed by atoms with E-state index in [1.54, 1.807) is 24.3 Å². The Morgan fingerprint density at radius 1 is 0.933 bits per heavy atom. The summed E-state index contributed by atoms with van der Waals surface area (Å²) in [4.78, 5) is 24.0. The lowest BCUT2D eigenvalue weighted by Crippen LogP contribution is -2.36. The topological polar surface area (TPSA) is 102 Å². The van der Waals surface area contributed by atoms with E-state index in [-0.39, 0.29) is 37.0 Å². The number of carbonyl (C=O) groups excluding carboxylic acids is 2. The van der Waals surface area contributed by atoms with Crippen LogP contribution in [-0.4, -0.2) is 64.9 Å². The van der Waals surface area contributed by atoms with Crippen LogP contribution in [0.4, 0.5) is 5.69 Å². The maximum atomic E-state index is 12.9. The maximum Gasteiger partial charge on any atom is 0.255 e. The Morgan fingerprint density at radius 3 is 2.07 bits per heavy atom. The molecule has 1 amide bonds. The van der Waals surface area contributed by atoms with Gasteiger partial charge in [-0.1, -0.05) is 12.1 Å². The molecule has 0 radical (unpaired) electrons. The molecule has 162 valence electrons. The van der Waals surface area contributed by atoms with Crippen LogP contribution >= 0.6 is 0 Å². The van der Waals surface area contributed by atoms with E-state index >= 15 is 0 Å². The van der Waals surface area contributed by atoms with Gasteiger partial charge in [0.05, 0.1) is 18.1 Å². The van der Waals surface area contributed by atoms with E-state index in [0.29, 0.717) is 16.8 Å². The number of sulfonamides is 1. The van der Waals surface area contributed by atoms with Crippen LogP contribution in [0.1, 0.15) is 27.6 Å². The van der Waals surface area contributed by atoms with Crippen LogP contribution in [0.25, 0.3) is 0 Å². The number of amides is 1. The van der Waals surface area contributed by atoms with Gasteiger partial charge in [0.25, 0.3) is 5.91 Å². The van der Waals surface area contributed by atoms with Crippen molar-refractivity contribution in [2.75, 3.05) is 45.8 Å². The zero-order valence-corrected chi connectivity index (χ0v) is 18.1. The number of nitrogens with zero attached hydrogens (tertiary/aromatic N) is 1. The largest absolute Gasteiger partial charge is 0.383 e. The summed E-state index contributed by atoms with van der Waals surface area (Å²) >= 11 is 0. The highest BCUT2D eigenvalue weighted by Gasteiger charge is 2.24. The van der Waals surface area contributed by atoms with E-state index in [2.05, 4.69) is 5.32 Å². The summed E-state index contributed by atoms with van der Waals surface area (Å²) in [5.41, 5.74) is 1.26. The van der Waals surface area contributed by atoms with Gasteiger partial charge >= 0.3 is 0 Å². The molecule has 2 rings (SSSR count). The lowest BCUT2D eigenvalue weighted by atomic mass is 10.1. The first-order valence-electron chi connectivity index (χ1n) is 9.30. The minimum atomic E-state index is -3.76. The summed E-state index contributed by atoms with van der Waals surface area (Å²) in [5, 5.41) is 2.71. The molecule has 0 fully saturated rings. The Morgan fingerprint density at radius 2 is 1.53 bits per heavy atom. The highest BCUT2D eigenvalue weighted by molar-refractivity contribution is 7.89. The number of nitrogens with one attached hydrogen (secondary N) is 1. The number of ketones is 1. The lowest BCUT2D eigenvalue weighted by molar-refractivity contribution is 0.101. The van der Waals surface area contributed by atoms with Crippen LogP contribution in [0.5, 0.6) is 0 Å². The molecule has 9 heteroatoms. The van der Waals surface area contributed by atoms with Crippen molar-refractivity contribution in [2.24, 2.45) is 0 Å². The van der Waals surface area contributed by atoms with Gasteiger partial charge in [0.1, 0.15) is 0 Å². The minimum absolute atomic E-state index is 0.0739. The molecule has 0 heterocycles. The van der Waals surface area contributed by atoms with E-state index in [1.807, 2.05) is 0 Å². The van der Waals surface area contributed by atoms with E-state index in [4.69, 9.17) is 9.47 Å². The predicted octanol–water partition coefficient (Wildman–Crippen LogP) is 2.42. The fraction of sp³-hybridized carbons (Fsp3) is 0.333. The zero-order valence-electron chi connectivity index (χ0n) is 17.3. The van der Waals surface area contributed by atoms with Crippen molar-refractivity contribution in [1.29, 1.82) is 0 Å². The van der Waals surface area contributed by atoms with Crippen molar-refractivity contribution in [3.8, 4) is 0 Å². The maximum absolute atomic E-state index is 12.9. The summed E-state index contributed by atoms with van der Waals surface area (Å²) in [5.74, 6) is -0.512. The summed E-state index contributed by atoms with van der Waals surface area (Å²) in [6.07, 6.45) is 0. The molecule has 0 unspecified atom stereocenters. The average Bonchev–Trinajstić information content (AvgIpc) is 2.74. The second kappa shape index (κ2) is 11.0. The summed E-state index contributed by atoms with van der Waals surface area (Å²) < 4.78 is 37.1. The van der Waals surface area contributed by atoms with Gasteiger partial charge in [-0.3, -0.25) is 9.59 Å². The number of hydrogen-bond donors (Lipinski definition) is 1. The summed E-state index contributed by atoms with van der Waals surface area (Å²) in [6.45, 7) is 2.34. The van der Waals surface area contributed by atoms with Crippen molar-refractivity contribution in [3.05, 3.63) is 59.7 Å². The molecule has 0 aromatic heterocycles. The molecule has 0 atom stereocenters. The molecule has 0 aliphatic rings. The van der Waals surface area contributed by atoms with Crippen LogP contribution in [0.3, 0.4) is 0 Å². The minimum Gasteiger partial charge on any atom is -0.383 e. The zero-order chi connectivity index (χ0) is 22.1. The Hall–Kier alpha value is -2.59. The van der Waals surface area contributed by atoms with E-state index in [0.717, 1.165) is 0 Å². The van der Waals surface area contributed by atoms with Crippen molar-refractivity contribution >= 4 is 27.4 Å². The number of rotatable bonds is 11. The number of Topliss-reactive ketones (excluding diaryl/α,β-unsaturated/α-hetero) is 1. The average molecular weight is 435 g/mol. The van der Waals surface area contributed by atoms with Crippen molar-refractivity contribution in [1.82, 2.24) is 4.31 Å². The molecule has 0 saturated heterocycles. The van der Waals surface area contributed by atoms with Gasteiger partial charge in [-0.25, -0.2) is 8.42 Å². The molecule has 2 aromatic rings. The highest BCUT2D eigenvalue weighted by Crippen LogP contribution is 2.18. The standard InChI is InChI=1S/C21H26N2O6S/c1-16(24)18-5-4-6-19(15-18)22-21(25)17-7-9-20(10-8-17)30(26,27)23(11-13-28-2)12-14-29-3/h4-10,15H,11-14H2,1-3H3,(H,22,25). The van der Waals surface area contributed by atoms with Gasteiger partial charge in [0.15, 0.2) is 5.78 Å². The van der Waals surface area contributed by atoms with Gasteiger partial charge in [-0.05, 0) is 43.3 Å². The Labute approximate surface area is 176 Å². The second-order valence-corrected chi connectivity index (χ2v) is 8.44.